The topological polar surface area (TPSA) is 20.2 Å². The fourth-order valence-corrected chi connectivity index (χ4v) is 1.19. The van der Waals surface area contributed by atoms with E-state index in [1.54, 1.807) is 0 Å². The molecule has 0 saturated heterocycles. The lowest BCUT2D eigenvalue weighted by Crippen LogP contribution is -1.97. The Labute approximate surface area is 88.5 Å². The first-order valence-corrected chi connectivity index (χ1v) is 5.82. The second-order valence-corrected chi connectivity index (χ2v) is 3.64. The average molecular weight is 196 g/mol. The molecule has 1 N–H and O–H groups in total. The molecule has 0 bridgehead atoms. The lowest BCUT2D eigenvalue weighted by atomic mass is 10.1. The Morgan fingerprint density at radius 2 is 1.86 bits per heavy atom. The van der Waals surface area contributed by atoms with Crippen LogP contribution in [0.2, 0.25) is 0 Å². The summed E-state index contributed by atoms with van der Waals surface area (Å²) < 4.78 is 0. The van der Waals surface area contributed by atoms with Crippen LogP contribution in [0.4, 0.5) is 0 Å². The molecule has 0 aliphatic carbocycles. The molecule has 1 heteroatoms. The summed E-state index contributed by atoms with van der Waals surface area (Å²) in [4.78, 5) is 0. The van der Waals surface area contributed by atoms with Crippen molar-refractivity contribution < 1.29 is 5.11 Å². The highest BCUT2D eigenvalue weighted by molar-refractivity contribution is 5.04. The normalized spacial score (nSPS) is 14.2. The molecule has 0 radical (unpaired) electrons. The summed E-state index contributed by atoms with van der Waals surface area (Å²) in [7, 11) is 0. The minimum atomic E-state index is -0.278. The molecule has 1 nitrogen and oxygen atoms in total. The van der Waals surface area contributed by atoms with Gasteiger partial charge in [0.15, 0.2) is 0 Å². The van der Waals surface area contributed by atoms with Gasteiger partial charge in [-0.05, 0) is 19.3 Å². The Bertz CT molecular complexity index is 159. The molecule has 0 aliphatic rings. The van der Waals surface area contributed by atoms with Gasteiger partial charge in [0.05, 0.1) is 6.10 Å². The van der Waals surface area contributed by atoms with Gasteiger partial charge >= 0.3 is 0 Å². The number of unbranched alkanes of at least 4 members (excludes halogenated alkanes) is 4. The van der Waals surface area contributed by atoms with Gasteiger partial charge in [-0.3, -0.25) is 0 Å². The van der Waals surface area contributed by atoms with Crippen LogP contribution in [0.3, 0.4) is 0 Å². The first-order chi connectivity index (χ1) is 6.81. The summed E-state index contributed by atoms with van der Waals surface area (Å²) in [5.74, 6) is 0. The summed E-state index contributed by atoms with van der Waals surface area (Å²) in [6, 6.07) is 0. The maximum Gasteiger partial charge on any atom is 0.0721 e. The molecule has 0 saturated carbocycles. The van der Waals surface area contributed by atoms with Crippen LogP contribution in [-0.4, -0.2) is 11.2 Å². The molecule has 0 fully saturated rings. The number of aliphatic hydroxyl groups is 1. The third-order valence-corrected chi connectivity index (χ3v) is 2.22. The van der Waals surface area contributed by atoms with Gasteiger partial charge in [0.2, 0.25) is 0 Å². The monoisotopic (exact) mass is 196 g/mol. The van der Waals surface area contributed by atoms with Crippen molar-refractivity contribution in [3.63, 3.8) is 0 Å². The largest absolute Gasteiger partial charge is 0.389 e. The Morgan fingerprint density at radius 3 is 2.50 bits per heavy atom. The fourth-order valence-electron chi connectivity index (χ4n) is 1.19. The predicted molar refractivity (Wildman–Crippen MR) is 63.3 cm³/mol. The van der Waals surface area contributed by atoms with Crippen LogP contribution in [0.25, 0.3) is 0 Å². The molecule has 0 heterocycles. The molecule has 82 valence electrons. The van der Waals surface area contributed by atoms with Crippen LogP contribution in [0, 0.1) is 0 Å². The zero-order valence-electron chi connectivity index (χ0n) is 9.58. The quantitative estimate of drug-likeness (QED) is 0.462. The van der Waals surface area contributed by atoms with E-state index < -0.39 is 0 Å². The van der Waals surface area contributed by atoms with Gasteiger partial charge in [0, 0.05) is 0 Å². The standard InChI is InChI=1S/C13H24O/c1-3-5-6-7-8-9-10-11-12-13(14)4-2/h9-14H,3-8H2,1-2H3/b10-9-,12-11+. The smallest absolute Gasteiger partial charge is 0.0721 e. The molecular formula is C13H24O. The van der Waals surface area contributed by atoms with Gasteiger partial charge in [-0.2, -0.15) is 0 Å². The average Bonchev–Trinajstić information content (AvgIpc) is 2.21. The first kappa shape index (κ1) is 13.4. The molecular weight excluding hydrogens is 172 g/mol. The lowest BCUT2D eigenvalue weighted by molar-refractivity contribution is 0.219. The third kappa shape index (κ3) is 9.53. The maximum atomic E-state index is 9.21. The molecule has 0 aliphatic heterocycles. The van der Waals surface area contributed by atoms with E-state index in [9.17, 15) is 5.11 Å². The van der Waals surface area contributed by atoms with Gasteiger partial charge < -0.3 is 5.11 Å². The number of aliphatic hydroxyl groups excluding tert-OH is 1. The third-order valence-electron chi connectivity index (χ3n) is 2.22. The van der Waals surface area contributed by atoms with Gasteiger partial charge in [-0.25, -0.2) is 0 Å². The number of rotatable bonds is 8. The fraction of sp³-hybridized carbons (Fsp3) is 0.692. The van der Waals surface area contributed by atoms with Gasteiger partial charge in [-0.1, -0.05) is 57.4 Å². The molecule has 1 unspecified atom stereocenters. The van der Waals surface area contributed by atoms with E-state index in [1.807, 2.05) is 25.2 Å². The highest BCUT2D eigenvalue weighted by atomic mass is 16.3. The Kier molecular flexibility index (Phi) is 10.1. The van der Waals surface area contributed by atoms with E-state index in [0.29, 0.717) is 0 Å². The van der Waals surface area contributed by atoms with Gasteiger partial charge in [0.1, 0.15) is 0 Å². The van der Waals surface area contributed by atoms with Gasteiger partial charge in [0.25, 0.3) is 0 Å². The van der Waals surface area contributed by atoms with Crippen molar-refractivity contribution >= 4 is 0 Å². The number of hydrogen-bond donors (Lipinski definition) is 1. The van der Waals surface area contributed by atoms with Crippen LogP contribution in [0.1, 0.15) is 52.4 Å². The molecule has 0 aromatic carbocycles. The van der Waals surface area contributed by atoms with Crippen molar-refractivity contribution in [2.24, 2.45) is 0 Å². The zero-order chi connectivity index (χ0) is 10.6. The van der Waals surface area contributed by atoms with Crippen molar-refractivity contribution in [3.8, 4) is 0 Å². The Morgan fingerprint density at radius 1 is 1.07 bits per heavy atom. The Balaban J connectivity index is 3.31. The molecule has 0 amide bonds. The minimum Gasteiger partial charge on any atom is -0.389 e. The van der Waals surface area contributed by atoms with Crippen LogP contribution >= 0.6 is 0 Å². The summed E-state index contributed by atoms with van der Waals surface area (Å²) in [6.45, 7) is 4.20. The first-order valence-electron chi connectivity index (χ1n) is 5.82. The van der Waals surface area contributed by atoms with E-state index in [2.05, 4.69) is 13.0 Å². The molecule has 0 aromatic heterocycles. The summed E-state index contributed by atoms with van der Waals surface area (Å²) >= 11 is 0. The second-order valence-electron chi connectivity index (χ2n) is 3.64. The molecule has 0 spiro atoms. The maximum absolute atomic E-state index is 9.21. The highest BCUT2D eigenvalue weighted by Crippen LogP contribution is 2.02. The SMILES string of the molecule is CCCCCC/C=C\C=C\C(O)CC. The summed E-state index contributed by atoms with van der Waals surface area (Å²) in [6.07, 6.45) is 14.9. The van der Waals surface area contributed by atoms with Crippen molar-refractivity contribution in [1.29, 1.82) is 0 Å². The van der Waals surface area contributed by atoms with Crippen LogP contribution in [-0.2, 0) is 0 Å². The van der Waals surface area contributed by atoms with Crippen LogP contribution in [0.15, 0.2) is 24.3 Å². The van der Waals surface area contributed by atoms with Crippen molar-refractivity contribution in [3.05, 3.63) is 24.3 Å². The summed E-state index contributed by atoms with van der Waals surface area (Å²) in [5.41, 5.74) is 0. The van der Waals surface area contributed by atoms with Crippen LogP contribution < -0.4 is 0 Å². The van der Waals surface area contributed by atoms with E-state index in [1.165, 1.54) is 25.7 Å². The second kappa shape index (κ2) is 10.5. The molecule has 0 aromatic rings. The number of hydrogen-bond acceptors (Lipinski definition) is 1. The van der Waals surface area contributed by atoms with Crippen molar-refractivity contribution in [2.45, 2.75) is 58.5 Å². The predicted octanol–water partition coefficient (Wildman–Crippen LogP) is 3.84. The Hall–Kier alpha value is -0.560. The number of allylic oxidation sites excluding steroid dienone is 3. The van der Waals surface area contributed by atoms with E-state index in [-0.39, 0.29) is 6.10 Å². The minimum absolute atomic E-state index is 0.278. The van der Waals surface area contributed by atoms with Gasteiger partial charge in [-0.15, -0.1) is 0 Å². The molecule has 14 heavy (non-hydrogen) atoms. The lowest BCUT2D eigenvalue weighted by Gasteiger charge is -1.96. The van der Waals surface area contributed by atoms with E-state index >= 15 is 0 Å². The molecule has 1 atom stereocenters. The summed E-state index contributed by atoms with van der Waals surface area (Å²) in [5, 5.41) is 9.21. The van der Waals surface area contributed by atoms with Crippen LogP contribution in [0.5, 0.6) is 0 Å². The van der Waals surface area contributed by atoms with Crippen molar-refractivity contribution in [2.75, 3.05) is 0 Å². The van der Waals surface area contributed by atoms with E-state index in [4.69, 9.17) is 0 Å². The highest BCUT2D eigenvalue weighted by Gasteiger charge is 1.89. The van der Waals surface area contributed by atoms with E-state index in [0.717, 1.165) is 12.8 Å². The van der Waals surface area contributed by atoms with Crippen molar-refractivity contribution in [1.82, 2.24) is 0 Å². The zero-order valence-corrected chi connectivity index (χ0v) is 9.58. The molecule has 0 rings (SSSR count).